The number of hydrogen-bond acceptors (Lipinski definition) is 7. The number of nitrogens with one attached hydrogen (secondary N) is 1. The molecule has 0 saturated carbocycles. The molecule has 0 aliphatic heterocycles. The van der Waals surface area contributed by atoms with Gasteiger partial charge in [0.1, 0.15) is 5.25 Å². The van der Waals surface area contributed by atoms with Crippen molar-refractivity contribution in [1.82, 2.24) is 10.2 Å². The quantitative estimate of drug-likeness (QED) is 0.324. The lowest BCUT2D eigenvalue weighted by molar-refractivity contribution is -0.142. The zero-order valence-corrected chi connectivity index (χ0v) is 17.3. The van der Waals surface area contributed by atoms with Crippen molar-refractivity contribution in [2.75, 3.05) is 11.9 Å². The lowest BCUT2D eigenvalue weighted by atomic mass is 10.0. The molecule has 1 amide bonds. The summed E-state index contributed by atoms with van der Waals surface area (Å²) in [5, 5.41) is 12.9. The second-order valence-corrected chi connectivity index (χ2v) is 8.43. The number of aromatic nitrogens is 2. The van der Waals surface area contributed by atoms with Crippen LogP contribution in [0, 0.1) is 0 Å². The summed E-state index contributed by atoms with van der Waals surface area (Å²) in [5.41, 5.74) is 0.581. The minimum absolute atomic E-state index is 0.236. The van der Waals surface area contributed by atoms with Gasteiger partial charge in [0.15, 0.2) is 4.34 Å². The van der Waals surface area contributed by atoms with Crippen molar-refractivity contribution in [3.63, 3.8) is 0 Å². The van der Waals surface area contributed by atoms with Gasteiger partial charge in [-0.05, 0) is 30.2 Å². The van der Waals surface area contributed by atoms with Crippen molar-refractivity contribution in [3.8, 4) is 0 Å². The molecule has 2 aromatic carbocycles. The molecule has 0 aliphatic carbocycles. The molecule has 3 aromatic rings. The minimum Gasteiger partial charge on any atom is -0.465 e. The summed E-state index contributed by atoms with van der Waals surface area (Å²) < 4.78 is 5.75. The van der Waals surface area contributed by atoms with Crippen LogP contribution >= 0.6 is 23.1 Å². The summed E-state index contributed by atoms with van der Waals surface area (Å²) in [6, 6.07) is 13.3. The van der Waals surface area contributed by atoms with Gasteiger partial charge in [-0.15, -0.1) is 10.2 Å². The Bertz CT molecular complexity index is 969. The van der Waals surface area contributed by atoms with Crippen LogP contribution in [0.2, 0.25) is 0 Å². The fourth-order valence-electron chi connectivity index (χ4n) is 2.74. The van der Waals surface area contributed by atoms with Crippen molar-refractivity contribution >= 4 is 50.9 Å². The highest BCUT2D eigenvalue weighted by Crippen LogP contribution is 2.32. The van der Waals surface area contributed by atoms with Gasteiger partial charge in [-0.1, -0.05) is 72.8 Å². The topological polar surface area (TPSA) is 81.2 Å². The van der Waals surface area contributed by atoms with Gasteiger partial charge >= 0.3 is 5.97 Å². The second kappa shape index (κ2) is 9.66. The molecule has 1 atom stereocenters. The molecular weight excluding hydrogens is 394 g/mol. The summed E-state index contributed by atoms with van der Waals surface area (Å²) in [7, 11) is 0. The van der Waals surface area contributed by atoms with Crippen LogP contribution in [-0.2, 0) is 9.53 Å². The Balaban J connectivity index is 1.71. The number of ether oxygens (including phenoxy) is 1. The molecule has 0 radical (unpaired) electrons. The van der Waals surface area contributed by atoms with E-state index in [9.17, 15) is 9.59 Å². The van der Waals surface area contributed by atoms with Crippen molar-refractivity contribution in [2.24, 2.45) is 0 Å². The van der Waals surface area contributed by atoms with Crippen LogP contribution in [0.5, 0.6) is 0 Å². The van der Waals surface area contributed by atoms with Crippen molar-refractivity contribution < 1.29 is 14.3 Å². The Morgan fingerprint density at radius 3 is 2.71 bits per heavy atom. The predicted molar refractivity (Wildman–Crippen MR) is 113 cm³/mol. The number of carbonyl (C=O) groups is 2. The summed E-state index contributed by atoms with van der Waals surface area (Å²) >= 11 is 2.58. The van der Waals surface area contributed by atoms with E-state index >= 15 is 0 Å². The summed E-state index contributed by atoms with van der Waals surface area (Å²) in [6.07, 6.45) is 1.56. The van der Waals surface area contributed by atoms with Gasteiger partial charge in [0, 0.05) is 5.56 Å². The van der Waals surface area contributed by atoms with Gasteiger partial charge in [0.05, 0.1) is 6.61 Å². The molecule has 1 heterocycles. The van der Waals surface area contributed by atoms with E-state index in [0.717, 1.165) is 17.2 Å². The molecule has 0 unspecified atom stereocenters. The fourth-order valence-corrected chi connectivity index (χ4v) is 4.84. The number of fused-ring (bicyclic) bond motifs is 1. The Morgan fingerprint density at radius 1 is 1.14 bits per heavy atom. The second-order valence-electron chi connectivity index (χ2n) is 6.00. The number of carbonyl (C=O) groups excluding carboxylic acids is 2. The van der Waals surface area contributed by atoms with Crippen molar-refractivity contribution in [3.05, 3.63) is 48.0 Å². The van der Waals surface area contributed by atoms with Gasteiger partial charge in [0.2, 0.25) is 5.13 Å². The first-order valence-electron chi connectivity index (χ1n) is 9.08. The van der Waals surface area contributed by atoms with Gasteiger partial charge in [-0.3, -0.25) is 14.9 Å². The number of rotatable bonds is 8. The standard InChI is InChI=1S/C20H21N3O3S2/c1-3-8-16(18(25)26-4-2)27-20-23-22-19(28-20)21-17(24)15-12-7-10-13-9-5-6-11-14(13)15/h5-7,9-12,16H,3-4,8H2,1-2H3,(H,21,22,24)/t16-/m1/s1. The zero-order valence-electron chi connectivity index (χ0n) is 15.7. The normalized spacial score (nSPS) is 11.9. The Labute approximate surface area is 171 Å². The Morgan fingerprint density at radius 2 is 1.93 bits per heavy atom. The van der Waals surface area contributed by atoms with E-state index in [1.807, 2.05) is 43.3 Å². The van der Waals surface area contributed by atoms with Crippen molar-refractivity contribution in [1.29, 1.82) is 0 Å². The SMILES string of the molecule is CCC[C@@H](Sc1nnc(NC(=O)c2cccc3ccccc23)s1)C(=O)OCC. The van der Waals surface area contributed by atoms with E-state index in [-0.39, 0.29) is 17.1 Å². The fraction of sp³-hybridized carbons (Fsp3) is 0.300. The highest BCUT2D eigenvalue weighted by Gasteiger charge is 2.23. The lowest BCUT2D eigenvalue weighted by Crippen LogP contribution is -2.20. The first kappa shape index (κ1) is 20.3. The summed E-state index contributed by atoms with van der Waals surface area (Å²) in [4.78, 5) is 24.8. The first-order valence-corrected chi connectivity index (χ1v) is 10.8. The molecule has 6 nitrogen and oxygen atoms in total. The maximum Gasteiger partial charge on any atom is 0.319 e. The number of nitrogens with zero attached hydrogens (tertiary/aromatic N) is 2. The van der Waals surface area contributed by atoms with Crippen LogP contribution in [0.3, 0.4) is 0 Å². The predicted octanol–water partition coefficient (Wildman–Crippen LogP) is 4.77. The first-order chi connectivity index (χ1) is 13.6. The third-order valence-corrected chi connectivity index (χ3v) is 6.17. The molecule has 8 heteroatoms. The molecule has 0 bridgehead atoms. The molecule has 1 N–H and O–H groups in total. The van der Waals surface area contributed by atoms with Gasteiger partial charge < -0.3 is 4.74 Å². The van der Waals surface area contributed by atoms with E-state index in [2.05, 4.69) is 15.5 Å². The number of benzene rings is 2. The maximum absolute atomic E-state index is 12.7. The third-order valence-electron chi connectivity index (χ3n) is 4.00. The number of anilines is 1. The number of amides is 1. The van der Waals surface area contributed by atoms with Crippen LogP contribution in [0.15, 0.2) is 46.8 Å². The summed E-state index contributed by atoms with van der Waals surface area (Å²) in [6.45, 7) is 4.15. The average Bonchev–Trinajstić information content (AvgIpc) is 3.14. The average molecular weight is 416 g/mol. The largest absolute Gasteiger partial charge is 0.465 e. The van der Waals surface area contributed by atoms with Crippen LogP contribution < -0.4 is 5.32 Å². The smallest absolute Gasteiger partial charge is 0.319 e. The maximum atomic E-state index is 12.7. The molecule has 28 heavy (non-hydrogen) atoms. The van der Waals surface area contributed by atoms with E-state index in [4.69, 9.17) is 4.74 Å². The molecule has 0 fully saturated rings. The molecule has 0 spiro atoms. The number of esters is 1. The van der Waals surface area contributed by atoms with E-state index in [0.29, 0.717) is 28.1 Å². The molecule has 0 saturated heterocycles. The minimum atomic E-state index is -0.320. The van der Waals surface area contributed by atoms with Crippen LogP contribution in [0.1, 0.15) is 37.0 Å². The monoisotopic (exact) mass is 415 g/mol. The highest BCUT2D eigenvalue weighted by molar-refractivity contribution is 8.02. The highest BCUT2D eigenvalue weighted by atomic mass is 32.2. The third kappa shape index (κ3) is 4.88. The number of hydrogen-bond donors (Lipinski definition) is 1. The van der Waals surface area contributed by atoms with Gasteiger partial charge in [-0.2, -0.15) is 0 Å². The van der Waals surface area contributed by atoms with Gasteiger partial charge in [-0.25, -0.2) is 0 Å². The lowest BCUT2D eigenvalue weighted by Gasteiger charge is -2.11. The van der Waals surface area contributed by atoms with Crippen LogP contribution in [0.25, 0.3) is 10.8 Å². The molecular formula is C20H21N3O3S2. The van der Waals surface area contributed by atoms with Crippen LogP contribution in [0.4, 0.5) is 5.13 Å². The summed E-state index contributed by atoms with van der Waals surface area (Å²) in [5.74, 6) is -0.481. The zero-order chi connectivity index (χ0) is 19.9. The van der Waals surface area contributed by atoms with Gasteiger partial charge in [0.25, 0.3) is 5.91 Å². The van der Waals surface area contributed by atoms with E-state index in [1.165, 1.54) is 23.1 Å². The molecule has 0 aliphatic rings. The number of thioether (sulfide) groups is 1. The Kier molecular flexibility index (Phi) is 7.00. The van der Waals surface area contributed by atoms with Crippen LogP contribution in [-0.4, -0.2) is 33.9 Å². The van der Waals surface area contributed by atoms with Crippen molar-refractivity contribution in [2.45, 2.75) is 36.3 Å². The van der Waals surface area contributed by atoms with E-state index < -0.39 is 0 Å². The Hall–Kier alpha value is -2.45. The molecule has 146 valence electrons. The molecule has 3 rings (SSSR count). The molecule has 1 aromatic heterocycles. The van der Waals surface area contributed by atoms with E-state index in [1.54, 1.807) is 13.0 Å².